The van der Waals surface area contributed by atoms with Crippen molar-refractivity contribution in [2.75, 3.05) is 0 Å². The monoisotopic (exact) mass is 334 g/mol. The van der Waals surface area contributed by atoms with E-state index in [2.05, 4.69) is 13.5 Å². The third-order valence-corrected chi connectivity index (χ3v) is 5.08. The van der Waals surface area contributed by atoms with Gasteiger partial charge in [-0.3, -0.25) is 4.55 Å². The van der Waals surface area contributed by atoms with E-state index in [1.165, 1.54) is 38.5 Å². The van der Waals surface area contributed by atoms with Gasteiger partial charge in [0.15, 0.2) is 0 Å². The largest absolute Gasteiger partial charge is 0.478 e. The summed E-state index contributed by atoms with van der Waals surface area (Å²) < 4.78 is 31.5. The molecule has 130 valence electrons. The lowest BCUT2D eigenvalue weighted by Crippen LogP contribution is -2.26. The van der Waals surface area contributed by atoms with Crippen LogP contribution in [0, 0.1) is 0 Å². The molecule has 0 aliphatic carbocycles. The predicted octanol–water partition coefficient (Wildman–Crippen LogP) is 4.19. The highest BCUT2D eigenvalue weighted by Crippen LogP contribution is 2.19. The van der Waals surface area contributed by atoms with Crippen LogP contribution in [0.4, 0.5) is 0 Å². The van der Waals surface area contributed by atoms with Crippen molar-refractivity contribution in [3.05, 3.63) is 12.2 Å². The van der Waals surface area contributed by atoms with Crippen LogP contribution in [-0.4, -0.2) is 29.3 Å². The summed E-state index contributed by atoms with van der Waals surface area (Å²) in [4.78, 5) is 10.8. The molecule has 6 heteroatoms. The molecule has 0 rings (SSSR count). The summed E-state index contributed by atoms with van der Waals surface area (Å²) in [7, 11) is -4.40. The molecule has 0 aromatic heterocycles. The highest BCUT2D eigenvalue weighted by Gasteiger charge is 2.29. The van der Waals surface area contributed by atoms with Gasteiger partial charge >= 0.3 is 5.97 Å². The molecule has 0 saturated carbocycles. The average Bonchev–Trinajstić information content (AvgIpc) is 2.42. The minimum atomic E-state index is -4.40. The minimum absolute atomic E-state index is 0.112. The summed E-state index contributed by atoms with van der Waals surface area (Å²) in [6.07, 6.45) is 11.2. The number of rotatable bonds is 14. The van der Waals surface area contributed by atoms with Crippen LogP contribution >= 0.6 is 0 Å². The molecule has 1 atom stereocenters. The third-order valence-electron chi connectivity index (χ3n) is 3.84. The van der Waals surface area contributed by atoms with E-state index in [9.17, 15) is 13.2 Å². The van der Waals surface area contributed by atoms with Gasteiger partial charge in [0.25, 0.3) is 10.1 Å². The smallest absolute Gasteiger partial charge is 0.332 e. The Labute approximate surface area is 134 Å². The van der Waals surface area contributed by atoms with Gasteiger partial charge in [-0.1, -0.05) is 77.7 Å². The van der Waals surface area contributed by atoms with Gasteiger partial charge in [0.1, 0.15) is 5.25 Å². The molecule has 0 radical (unpaired) electrons. The van der Waals surface area contributed by atoms with Crippen LogP contribution < -0.4 is 0 Å². The van der Waals surface area contributed by atoms with E-state index in [1.807, 2.05) is 0 Å². The van der Waals surface area contributed by atoms with Crippen LogP contribution in [0.2, 0.25) is 0 Å². The van der Waals surface area contributed by atoms with Gasteiger partial charge in [0.2, 0.25) is 0 Å². The highest BCUT2D eigenvalue weighted by atomic mass is 32.2. The zero-order chi connectivity index (χ0) is 17.0. The molecule has 22 heavy (non-hydrogen) atoms. The maximum atomic E-state index is 11.2. The first-order chi connectivity index (χ1) is 10.3. The van der Waals surface area contributed by atoms with E-state index >= 15 is 0 Å². The average molecular weight is 334 g/mol. The van der Waals surface area contributed by atoms with E-state index in [-0.39, 0.29) is 6.42 Å². The maximum Gasteiger partial charge on any atom is 0.332 e. The second kappa shape index (κ2) is 11.7. The molecule has 0 fully saturated rings. The molecule has 0 aromatic carbocycles. The van der Waals surface area contributed by atoms with Crippen LogP contribution in [0.3, 0.4) is 0 Å². The number of carbonyl (C=O) groups is 1. The summed E-state index contributed by atoms with van der Waals surface area (Å²) in [5, 5.41) is 7.41. The third kappa shape index (κ3) is 9.95. The second-order valence-corrected chi connectivity index (χ2v) is 7.40. The molecule has 5 nitrogen and oxygen atoms in total. The first-order valence-corrected chi connectivity index (χ1v) is 9.69. The van der Waals surface area contributed by atoms with E-state index in [1.54, 1.807) is 0 Å². The maximum absolute atomic E-state index is 11.2. The summed E-state index contributed by atoms with van der Waals surface area (Å²) in [6, 6.07) is 0. The van der Waals surface area contributed by atoms with Gasteiger partial charge in [0, 0.05) is 0 Å². The first kappa shape index (κ1) is 21.1. The first-order valence-electron chi connectivity index (χ1n) is 8.19. The fraction of sp³-hybridized carbons (Fsp3) is 0.812. The Hall–Kier alpha value is -0.880. The molecule has 0 spiro atoms. The molecule has 0 aliphatic rings. The molecule has 0 bridgehead atoms. The standard InChI is InChI=1S/C16H30O5S/c1-3-4-5-6-7-8-9-10-11-12-13-15(22(19,20)21)14(2)16(17)18/h15H,2-13H2,1H3,(H,17,18)(H,19,20,21). The van der Waals surface area contributed by atoms with Crippen molar-refractivity contribution in [2.24, 2.45) is 0 Å². The lowest BCUT2D eigenvalue weighted by atomic mass is 10.0. The molecule has 0 saturated heterocycles. The Kier molecular flexibility index (Phi) is 11.2. The van der Waals surface area contributed by atoms with Crippen LogP contribution in [0.25, 0.3) is 0 Å². The molecular weight excluding hydrogens is 304 g/mol. The molecule has 0 aliphatic heterocycles. The van der Waals surface area contributed by atoms with Crippen molar-refractivity contribution in [1.82, 2.24) is 0 Å². The number of hydrogen-bond donors (Lipinski definition) is 2. The fourth-order valence-corrected chi connectivity index (χ4v) is 3.38. The van der Waals surface area contributed by atoms with E-state index in [4.69, 9.17) is 9.66 Å². The summed E-state index contributed by atoms with van der Waals surface area (Å²) >= 11 is 0. The second-order valence-electron chi connectivity index (χ2n) is 5.80. The number of hydrogen-bond acceptors (Lipinski definition) is 3. The zero-order valence-corrected chi connectivity index (χ0v) is 14.4. The van der Waals surface area contributed by atoms with Crippen molar-refractivity contribution in [3.8, 4) is 0 Å². The Morgan fingerprint density at radius 3 is 1.73 bits per heavy atom. The van der Waals surface area contributed by atoms with E-state index in [0.717, 1.165) is 19.3 Å². The number of carboxylic acids is 1. The lowest BCUT2D eigenvalue weighted by Gasteiger charge is -2.13. The summed E-state index contributed by atoms with van der Waals surface area (Å²) in [5.41, 5.74) is -0.460. The van der Waals surface area contributed by atoms with Crippen molar-refractivity contribution < 1.29 is 22.9 Å². The molecule has 0 heterocycles. The van der Waals surface area contributed by atoms with Crippen molar-refractivity contribution >= 4 is 16.1 Å². The van der Waals surface area contributed by atoms with Crippen LogP contribution in [0.15, 0.2) is 12.2 Å². The van der Waals surface area contributed by atoms with E-state index in [0.29, 0.717) is 6.42 Å². The molecule has 0 aromatic rings. The number of unbranched alkanes of at least 4 members (excludes halogenated alkanes) is 9. The predicted molar refractivity (Wildman–Crippen MR) is 88.6 cm³/mol. The molecule has 1 unspecified atom stereocenters. The normalized spacial score (nSPS) is 13.0. The Balaban J connectivity index is 3.83. The fourth-order valence-electron chi connectivity index (χ4n) is 2.46. The van der Waals surface area contributed by atoms with Gasteiger partial charge in [-0.2, -0.15) is 8.42 Å². The number of carboxylic acid groups (broad SMARTS) is 1. The Morgan fingerprint density at radius 2 is 1.36 bits per heavy atom. The summed E-state index contributed by atoms with van der Waals surface area (Å²) in [5.74, 6) is -1.38. The van der Waals surface area contributed by atoms with E-state index < -0.39 is 26.9 Å². The zero-order valence-electron chi connectivity index (χ0n) is 13.6. The van der Waals surface area contributed by atoms with Crippen molar-refractivity contribution in [3.63, 3.8) is 0 Å². The van der Waals surface area contributed by atoms with Gasteiger partial charge in [0.05, 0.1) is 5.57 Å². The molecular formula is C16H30O5S. The quantitative estimate of drug-likeness (QED) is 0.282. The van der Waals surface area contributed by atoms with Crippen molar-refractivity contribution in [1.29, 1.82) is 0 Å². The van der Waals surface area contributed by atoms with Crippen LogP contribution in [-0.2, 0) is 14.9 Å². The molecule has 2 N–H and O–H groups in total. The Bertz CT molecular complexity index is 428. The Morgan fingerprint density at radius 1 is 0.955 bits per heavy atom. The van der Waals surface area contributed by atoms with Crippen molar-refractivity contribution in [2.45, 2.75) is 82.8 Å². The number of aliphatic carboxylic acids is 1. The van der Waals surface area contributed by atoms with Gasteiger partial charge in [-0.25, -0.2) is 4.79 Å². The lowest BCUT2D eigenvalue weighted by molar-refractivity contribution is -0.132. The molecule has 0 amide bonds. The van der Waals surface area contributed by atoms with Gasteiger partial charge < -0.3 is 5.11 Å². The topological polar surface area (TPSA) is 91.7 Å². The SMILES string of the molecule is C=C(C(=O)O)C(CCCCCCCCCCCC)S(=O)(=O)O. The summed E-state index contributed by atoms with van der Waals surface area (Å²) in [6.45, 7) is 5.44. The van der Waals surface area contributed by atoms with Gasteiger partial charge in [-0.15, -0.1) is 0 Å². The van der Waals surface area contributed by atoms with Gasteiger partial charge in [-0.05, 0) is 6.42 Å². The highest BCUT2D eigenvalue weighted by molar-refractivity contribution is 7.86. The van der Waals surface area contributed by atoms with Crippen LogP contribution in [0.5, 0.6) is 0 Å². The van der Waals surface area contributed by atoms with Crippen LogP contribution in [0.1, 0.15) is 77.6 Å². The minimum Gasteiger partial charge on any atom is -0.478 e.